The maximum absolute atomic E-state index is 15.2. The number of amides is 11. The number of allylic oxidation sites excluding steroid dienone is 2. The van der Waals surface area contributed by atoms with E-state index in [0.717, 1.165) is 14.7 Å². The molecule has 0 aliphatic rings. The highest BCUT2D eigenvalue weighted by molar-refractivity contribution is 5.99. The molecule has 0 rings (SSSR count). The van der Waals surface area contributed by atoms with Gasteiger partial charge in [0.1, 0.15) is 54.4 Å². The van der Waals surface area contributed by atoms with Gasteiger partial charge < -0.3 is 66.2 Å². The Balaban J connectivity index is 7.22. The zero-order valence-electron chi connectivity index (χ0n) is 58.9. The van der Waals surface area contributed by atoms with Crippen LogP contribution in [0.3, 0.4) is 0 Å². The van der Waals surface area contributed by atoms with Gasteiger partial charge in [0.05, 0.1) is 18.8 Å². The van der Waals surface area contributed by atoms with Crippen LogP contribution in [0.15, 0.2) is 12.2 Å². The van der Waals surface area contributed by atoms with Gasteiger partial charge in [-0.15, -0.1) is 0 Å². The van der Waals surface area contributed by atoms with E-state index < -0.39 is 144 Å². The summed E-state index contributed by atoms with van der Waals surface area (Å²) in [4.78, 5) is 164. The average molecular weight is 1260 g/mol. The summed E-state index contributed by atoms with van der Waals surface area (Å²) in [6.45, 7) is 31.8. The Hall–Kier alpha value is -6.17. The van der Waals surface area contributed by atoms with Crippen molar-refractivity contribution >= 4 is 65.0 Å². The van der Waals surface area contributed by atoms with Gasteiger partial charge in [0.2, 0.25) is 65.0 Å². The molecule has 13 atom stereocenters. The largest absolute Gasteiger partial charge is 0.391 e. The molecule has 0 saturated heterocycles. The number of hydrogen-bond donors (Lipinski definition) is 6. The van der Waals surface area contributed by atoms with E-state index in [9.17, 15) is 48.6 Å². The number of primary amides is 1. The van der Waals surface area contributed by atoms with Crippen molar-refractivity contribution in [3.05, 3.63) is 12.2 Å². The van der Waals surface area contributed by atoms with Crippen LogP contribution in [-0.4, -0.2) is 232 Å². The van der Waals surface area contributed by atoms with Crippen LogP contribution in [0.5, 0.6) is 0 Å². The number of carbonyl (C=O) groups excluding carboxylic acids is 11. The van der Waals surface area contributed by atoms with Crippen molar-refractivity contribution < 1.29 is 63.0 Å². The molecule has 0 heterocycles. The van der Waals surface area contributed by atoms with E-state index in [-0.39, 0.29) is 67.1 Å². The van der Waals surface area contributed by atoms with Crippen LogP contribution in [0.2, 0.25) is 0 Å². The first-order valence-electron chi connectivity index (χ1n) is 32.0. The molecule has 512 valence electrons. The molecule has 0 aromatic carbocycles. The van der Waals surface area contributed by atoms with Crippen molar-refractivity contribution in [2.75, 3.05) is 55.9 Å². The Labute approximate surface area is 533 Å². The van der Waals surface area contributed by atoms with E-state index in [4.69, 9.17) is 5.73 Å². The molecule has 0 fully saturated rings. The number of likely N-dealkylation sites (N-methyl/N-ethyl adjacent to an activating group) is 7. The predicted octanol–water partition coefficient (Wildman–Crippen LogP) is 3.64. The lowest BCUT2D eigenvalue weighted by atomic mass is 9.91. The Kier molecular flexibility index (Phi) is 35.8. The quantitative estimate of drug-likeness (QED) is 0.0482. The molecule has 0 bridgehead atoms. The summed E-state index contributed by atoms with van der Waals surface area (Å²) < 4.78 is 0. The predicted molar refractivity (Wildman–Crippen MR) is 345 cm³/mol. The third kappa shape index (κ3) is 25.2. The van der Waals surface area contributed by atoms with Crippen molar-refractivity contribution in [1.29, 1.82) is 0 Å². The molecule has 0 radical (unpaired) electrons. The molecular weight excluding hydrogens is 1140 g/mol. The fraction of sp³-hybridized carbons (Fsp3) is 0.800. The van der Waals surface area contributed by atoms with E-state index in [1.54, 1.807) is 53.8 Å². The summed E-state index contributed by atoms with van der Waals surface area (Å²) in [5.74, 6) is -8.82. The SMILES string of the molecule is C/C=C/C[C@@H](C)[C@H](O)C(C(=O)N[C@H](CC)C(=O)N(C)CC(=O)N(C)C(C(N)=O)[C@H](C)O)N(C)C(=O)[C@@H](C(C)C)N(C)C(=O)[C@@H](CC(C)C)N(C)C(=O)[C@@H](CC(C)C)N(C)C(=O)[C@H](C)NC(=O)[C@@H](CC(C)C)NC(=O)[C@H](CC(C)C)N(C)C(=O)[C@@H](C)CC(C)C. The molecule has 0 saturated carbocycles. The molecular formula is C65H119N11O13. The first-order chi connectivity index (χ1) is 40.9. The van der Waals surface area contributed by atoms with E-state index in [0.29, 0.717) is 19.3 Å². The normalized spacial score (nSPS) is 16.2. The summed E-state index contributed by atoms with van der Waals surface area (Å²) in [6, 6.07) is -11.0. The number of aliphatic hydroxyl groups is 2. The van der Waals surface area contributed by atoms with Gasteiger partial charge in [-0.3, -0.25) is 52.7 Å². The molecule has 0 aliphatic carbocycles. The second-order valence-corrected chi connectivity index (χ2v) is 27.3. The van der Waals surface area contributed by atoms with Crippen LogP contribution in [0.4, 0.5) is 0 Å². The topological polar surface area (TPSA) is 313 Å². The Morgan fingerprint density at radius 3 is 1.30 bits per heavy atom. The van der Waals surface area contributed by atoms with Crippen LogP contribution >= 0.6 is 0 Å². The van der Waals surface area contributed by atoms with E-state index in [1.807, 2.05) is 76.2 Å². The lowest BCUT2D eigenvalue weighted by Crippen LogP contribution is -2.63. The van der Waals surface area contributed by atoms with Gasteiger partial charge in [-0.1, -0.05) is 116 Å². The summed E-state index contributed by atoms with van der Waals surface area (Å²) in [6.07, 6.45) is 2.53. The van der Waals surface area contributed by atoms with Gasteiger partial charge in [0.15, 0.2) is 0 Å². The first-order valence-corrected chi connectivity index (χ1v) is 32.0. The van der Waals surface area contributed by atoms with Crippen molar-refractivity contribution in [2.24, 2.45) is 53.1 Å². The van der Waals surface area contributed by atoms with Crippen LogP contribution in [-0.2, 0) is 52.7 Å². The Morgan fingerprint density at radius 1 is 0.449 bits per heavy atom. The highest BCUT2D eigenvalue weighted by Gasteiger charge is 2.45. The number of nitrogens with two attached hydrogens (primary N) is 1. The zero-order chi connectivity index (χ0) is 69.6. The van der Waals surface area contributed by atoms with Crippen LogP contribution in [0, 0.1) is 47.3 Å². The number of aliphatic hydroxyl groups excluding tert-OH is 2. The molecule has 24 nitrogen and oxygen atoms in total. The molecule has 0 aromatic rings. The molecule has 11 amide bonds. The Morgan fingerprint density at radius 2 is 0.876 bits per heavy atom. The van der Waals surface area contributed by atoms with Gasteiger partial charge in [-0.2, -0.15) is 0 Å². The van der Waals surface area contributed by atoms with Crippen molar-refractivity contribution in [2.45, 2.75) is 236 Å². The van der Waals surface area contributed by atoms with Crippen molar-refractivity contribution in [3.8, 4) is 0 Å². The second-order valence-electron chi connectivity index (χ2n) is 27.3. The summed E-state index contributed by atoms with van der Waals surface area (Å²) in [5, 5.41) is 30.5. The molecule has 2 unspecified atom stereocenters. The number of hydrogen-bond acceptors (Lipinski definition) is 13. The molecule has 0 aliphatic heterocycles. The number of rotatable bonds is 38. The number of carbonyl (C=O) groups is 11. The summed E-state index contributed by atoms with van der Waals surface area (Å²) in [5.41, 5.74) is 5.43. The third-order valence-corrected chi connectivity index (χ3v) is 16.4. The number of nitrogens with zero attached hydrogens (tertiary/aromatic N) is 7. The average Bonchev–Trinajstić information content (AvgIpc) is 0.980. The van der Waals surface area contributed by atoms with Crippen LogP contribution < -0.4 is 21.7 Å². The number of nitrogens with one attached hydrogen (secondary N) is 3. The highest BCUT2D eigenvalue weighted by Crippen LogP contribution is 2.26. The lowest BCUT2D eigenvalue weighted by molar-refractivity contribution is -0.157. The van der Waals surface area contributed by atoms with Gasteiger partial charge in [0.25, 0.3) is 0 Å². The van der Waals surface area contributed by atoms with E-state index in [2.05, 4.69) is 16.0 Å². The van der Waals surface area contributed by atoms with Crippen molar-refractivity contribution in [3.63, 3.8) is 0 Å². The van der Waals surface area contributed by atoms with Crippen LogP contribution in [0.25, 0.3) is 0 Å². The molecule has 0 aromatic heterocycles. The van der Waals surface area contributed by atoms with E-state index in [1.165, 1.54) is 75.7 Å². The van der Waals surface area contributed by atoms with Crippen LogP contribution in [0.1, 0.15) is 170 Å². The van der Waals surface area contributed by atoms with Crippen molar-refractivity contribution in [1.82, 2.24) is 50.2 Å². The second kappa shape index (κ2) is 38.5. The zero-order valence-corrected chi connectivity index (χ0v) is 58.9. The molecule has 89 heavy (non-hydrogen) atoms. The molecule has 7 N–H and O–H groups in total. The summed E-state index contributed by atoms with van der Waals surface area (Å²) >= 11 is 0. The maximum Gasteiger partial charge on any atom is 0.246 e. The monoisotopic (exact) mass is 1260 g/mol. The minimum atomic E-state index is -1.63. The smallest absolute Gasteiger partial charge is 0.246 e. The third-order valence-electron chi connectivity index (χ3n) is 16.4. The fourth-order valence-corrected chi connectivity index (χ4v) is 11.3. The lowest BCUT2D eigenvalue weighted by Gasteiger charge is -2.41. The minimum Gasteiger partial charge on any atom is -0.391 e. The Bertz CT molecular complexity index is 2380. The first kappa shape index (κ1) is 82.8. The van der Waals surface area contributed by atoms with Gasteiger partial charge >= 0.3 is 0 Å². The molecule has 0 spiro atoms. The maximum atomic E-state index is 15.2. The summed E-state index contributed by atoms with van der Waals surface area (Å²) in [7, 11) is 9.85. The fourth-order valence-electron chi connectivity index (χ4n) is 11.3. The van der Waals surface area contributed by atoms with Gasteiger partial charge in [0, 0.05) is 55.3 Å². The highest BCUT2D eigenvalue weighted by atomic mass is 16.3. The minimum absolute atomic E-state index is 0.0132. The van der Waals surface area contributed by atoms with E-state index >= 15 is 14.4 Å². The van der Waals surface area contributed by atoms with Gasteiger partial charge in [-0.05, 0) is 107 Å². The molecule has 24 heteroatoms. The standard InChI is InChI=1S/C65H119N11O13/c1-26-28-29-42(15)55(79)54(59(83)68-46(27-2)62(86)70(19)35-51(78)74(23)53(45(18)77)56(66)80)76(25)65(89)52(41(13)14)75(24)64(88)50(34-40(11)12)73(22)63(87)49(33-39(9)10)72(21)61(85)44(17)67-57(81)47(31-37(5)6)69-58(82)48(32-38(7)8)71(20)60(84)43(16)30-36(3)4/h26,28,36-50,52-55,77,79H,27,29-35H2,1-25H3,(H2,66,80)(H,67,81)(H,68,83)(H,69,82)/b28-26+/t42-,43+,44+,45+,46-,47-,48+,49-,50-,52-,53?,54?,55+/m1/s1. The van der Waals surface area contributed by atoms with Gasteiger partial charge in [-0.25, -0.2) is 0 Å².